The fourth-order valence-corrected chi connectivity index (χ4v) is 3.53. The molecule has 0 saturated carbocycles. The van der Waals surface area contributed by atoms with Gasteiger partial charge >= 0.3 is 11.9 Å². The van der Waals surface area contributed by atoms with Crippen LogP contribution in [0.1, 0.15) is 40.1 Å². The number of ether oxygens (including phenoxy) is 2. The molecular formula is C28H25N3O4. The average Bonchev–Trinajstić information content (AvgIpc) is 2.89. The Balaban J connectivity index is 1.85. The lowest BCUT2D eigenvalue weighted by Gasteiger charge is -2.11. The molecule has 0 aliphatic carbocycles. The maximum absolute atomic E-state index is 12.3. The van der Waals surface area contributed by atoms with Crippen LogP contribution in [0.2, 0.25) is 0 Å². The monoisotopic (exact) mass is 467 g/mol. The highest BCUT2D eigenvalue weighted by Crippen LogP contribution is 2.30. The van der Waals surface area contributed by atoms with E-state index in [1.54, 1.807) is 50.5 Å². The summed E-state index contributed by atoms with van der Waals surface area (Å²) in [5.74, 6) is -0.843. The topological polar surface area (TPSA) is 91.3 Å². The summed E-state index contributed by atoms with van der Waals surface area (Å²) >= 11 is 0. The fraction of sp³-hybridized carbons (Fsp3) is 0.179. The molecule has 4 aromatic rings. The van der Waals surface area contributed by atoms with E-state index >= 15 is 0 Å². The van der Waals surface area contributed by atoms with Gasteiger partial charge in [-0.05, 0) is 68.3 Å². The first-order valence-electron chi connectivity index (χ1n) is 11.3. The van der Waals surface area contributed by atoms with Crippen LogP contribution in [0.3, 0.4) is 0 Å². The summed E-state index contributed by atoms with van der Waals surface area (Å²) in [7, 11) is 0. The van der Waals surface area contributed by atoms with Crippen LogP contribution in [0.25, 0.3) is 33.9 Å². The molecule has 0 amide bonds. The molecule has 4 rings (SSSR count). The number of aryl methyl sites for hydroxylation is 1. The number of aromatic nitrogens is 3. The molecule has 176 valence electrons. The van der Waals surface area contributed by atoms with E-state index in [-0.39, 0.29) is 13.2 Å². The standard InChI is InChI=1S/C28H25N3O4/c1-4-34-27(32)20-10-12-29-23(14-20)25-16-22(19-8-6-18(3)7-9-19)17-26(31-25)24-15-21(11-13-30-24)28(33)35-5-2/h6-17H,4-5H2,1-3H3. The normalized spacial score (nSPS) is 10.6. The molecule has 7 heteroatoms. The molecule has 0 aliphatic rings. The van der Waals surface area contributed by atoms with Crippen LogP contribution in [0.5, 0.6) is 0 Å². The Morgan fingerprint density at radius 2 is 1.14 bits per heavy atom. The fourth-order valence-electron chi connectivity index (χ4n) is 3.53. The Labute approximate surface area is 203 Å². The maximum atomic E-state index is 12.3. The maximum Gasteiger partial charge on any atom is 0.338 e. The largest absolute Gasteiger partial charge is 0.462 e. The molecule has 0 saturated heterocycles. The van der Waals surface area contributed by atoms with E-state index in [0.29, 0.717) is 33.9 Å². The number of hydrogen-bond acceptors (Lipinski definition) is 7. The minimum Gasteiger partial charge on any atom is -0.462 e. The lowest BCUT2D eigenvalue weighted by molar-refractivity contribution is 0.0516. The molecular weight excluding hydrogens is 442 g/mol. The number of carbonyl (C=O) groups excluding carboxylic acids is 2. The van der Waals surface area contributed by atoms with Crippen LogP contribution >= 0.6 is 0 Å². The van der Waals surface area contributed by atoms with Crippen LogP contribution in [0, 0.1) is 6.92 Å². The minimum absolute atomic E-state index is 0.282. The number of pyridine rings is 3. The summed E-state index contributed by atoms with van der Waals surface area (Å²) in [6.07, 6.45) is 3.11. The lowest BCUT2D eigenvalue weighted by atomic mass is 10.0. The van der Waals surface area contributed by atoms with Crippen LogP contribution in [-0.4, -0.2) is 40.1 Å². The summed E-state index contributed by atoms with van der Waals surface area (Å²) in [4.78, 5) is 38.2. The minimum atomic E-state index is -0.421. The molecule has 3 aromatic heterocycles. The van der Waals surface area contributed by atoms with Crippen molar-refractivity contribution >= 4 is 11.9 Å². The van der Waals surface area contributed by atoms with Crippen molar-refractivity contribution < 1.29 is 19.1 Å². The van der Waals surface area contributed by atoms with Gasteiger partial charge in [-0.1, -0.05) is 29.8 Å². The Morgan fingerprint density at radius 1 is 0.657 bits per heavy atom. The second-order valence-corrected chi connectivity index (χ2v) is 7.79. The first-order chi connectivity index (χ1) is 17.0. The molecule has 0 unspecified atom stereocenters. The van der Waals surface area contributed by atoms with Crippen molar-refractivity contribution in [3.05, 3.63) is 89.7 Å². The molecule has 0 aliphatic heterocycles. The first-order valence-corrected chi connectivity index (χ1v) is 11.3. The van der Waals surface area contributed by atoms with Crippen LogP contribution in [0.15, 0.2) is 73.1 Å². The van der Waals surface area contributed by atoms with Crippen LogP contribution in [-0.2, 0) is 9.47 Å². The van der Waals surface area contributed by atoms with Gasteiger partial charge in [0.05, 0.1) is 47.1 Å². The van der Waals surface area contributed by atoms with Gasteiger partial charge in [-0.25, -0.2) is 14.6 Å². The van der Waals surface area contributed by atoms with Crippen LogP contribution in [0.4, 0.5) is 0 Å². The van der Waals surface area contributed by atoms with Crippen molar-refractivity contribution in [2.75, 3.05) is 13.2 Å². The molecule has 0 atom stereocenters. The summed E-state index contributed by atoms with van der Waals surface area (Å²) in [5.41, 5.74) is 5.99. The van der Waals surface area contributed by atoms with Crippen molar-refractivity contribution in [3.8, 4) is 33.9 Å². The predicted molar refractivity (Wildman–Crippen MR) is 133 cm³/mol. The quantitative estimate of drug-likeness (QED) is 0.330. The molecule has 7 nitrogen and oxygen atoms in total. The van der Waals surface area contributed by atoms with Gasteiger partial charge < -0.3 is 9.47 Å². The van der Waals surface area contributed by atoms with Crippen molar-refractivity contribution in [2.24, 2.45) is 0 Å². The van der Waals surface area contributed by atoms with Gasteiger partial charge in [0.1, 0.15) is 0 Å². The number of esters is 2. The van der Waals surface area contributed by atoms with Crippen molar-refractivity contribution in [2.45, 2.75) is 20.8 Å². The molecule has 0 spiro atoms. The molecule has 0 radical (unpaired) electrons. The lowest BCUT2D eigenvalue weighted by Crippen LogP contribution is -2.06. The molecule has 35 heavy (non-hydrogen) atoms. The van der Waals surface area contributed by atoms with Gasteiger partial charge in [0.15, 0.2) is 0 Å². The Kier molecular flexibility index (Phi) is 7.26. The zero-order valence-electron chi connectivity index (χ0n) is 19.8. The second-order valence-electron chi connectivity index (χ2n) is 7.79. The summed E-state index contributed by atoms with van der Waals surface area (Å²) in [5, 5.41) is 0. The average molecular weight is 468 g/mol. The van der Waals surface area contributed by atoms with Gasteiger partial charge in [-0.2, -0.15) is 0 Å². The summed E-state index contributed by atoms with van der Waals surface area (Å²) in [6.45, 7) is 6.11. The van der Waals surface area contributed by atoms with Gasteiger partial charge in [-0.15, -0.1) is 0 Å². The zero-order chi connectivity index (χ0) is 24.8. The van der Waals surface area contributed by atoms with E-state index in [0.717, 1.165) is 16.7 Å². The number of benzene rings is 1. The van der Waals surface area contributed by atoms with Gasteiger partial charge in [0.2, 0.25) is 0 Å². The third kappa shape index (κ3) is 5.58. The Bertz CT molecular complexity index is 1290. The van der Waals surface area contributed by atoms with E-state index < -0.39 is 11.9 Å². The molecule has 0 fully saturated rings. The number of hydrogen-bond donors (Lipinski definition) is 0. The molecule has 1 aromatic carbocycles. The number of nitrogens with zero attached hydrogens (tertiary/aromatic N) is 3. The molecule has 3 heterocycles. The smallest absolute Gasteiger partial charge is 0.338 e. The Morgan fingerprint density at radius 3 is 1.60 bits per heavy atom. The highest BCUT2D eigenvalue weighted by atomic mass is 16.5. The Hall–Kier alpha value is -4.39. The molecule has 0 N–H and O–H groups in total. The van der Waals surface area contributed by atoms with E-state index in [2.05, 4.69) is 9.97 Å². The first kappa shape index (κ1) is 23.8. The summed E-state index contributed by atoms with van der Waals surface area (Å²) in [6, 6.07) is 18.5. The summed E-state index contributed by atoms with van der Waals surface area (Å²) < 4.78 is 10.3. The van der Waals surface area contributed by atoms with Crippen LogP contribution < -0.4 is 0 Å². The van der Waals surface area contributed by atoms with E-state index in [1.165, 1.54) is 0 Å². The van der Waals surface area contributed by atoms with Crippen molar-refractivity contribution in [1.82, 2.24) is 15.0 Å². The van der Waals surface area contributed by atoms with Gasteiger partial charge in [0, 0.05) is 12.4 Å². The SMILES string of the molecule is CCOC(=O)c1ccnc(-c2cc(-c3ccc(C)cc3)cc(-c3cc(C(=O)OCC)ccn3)n2)c1. The van der Waals surface area contributed by atoms with Crippen molar-refractivity contribution in [1.29, 1.82) is 0 Å². The predicted octanol–water partition coefficient (Wildman–Crippen LogP) is 5.53. The molecule has 0 bridgehead atoms. The third-order valence-corrected chi connectivity index (χ3v) is 5.28. The van der Waals surface area contributed by atoms with E-state index in [9.17, 15) is 9.59 Å². The van der Waals surface area contributed by atoms with Gasteiger partial charge in [0.25, 0.3) is 0 Å². The highest BCUT2D eigenvalue weighted by Gasteiger charge is 2.15. The number of rotatable bonds is 7. The third-order valence-electron chi connectivity index (χ3n) is 5.28. The van der Waals surface area contributed by atoms with Gasteiger partial charge in [-0.3, -0.25) is 9.97 Å². The van der Waals surface area contributed by atoms with E-state index in [1.807, 2.05) is 43.3 Å². The van der Waals surface area contributed by atoms with Crippen molar-refractivity contribution in [3.63, 3.8) is 0 Å². The second kappa shape index (κ2) is 10.7. The zero-order valence-corrected chi connectivity index (χ0v) is 19.8. The number of carbonyl (C=O) groups is 2. The van der Waals surface area contributed by atoms with E-state index in [4.69, 9.17) is 14.5 Å². The highest BCUT2D eigenvalue weighted by molar-refractivity contribution is 5.91.